The lowest BCUT2D eigenvalue weighted by atomic mass is 10.0. The van der Waals surface area contributed by atoms with Gasteiger partial charge in [-0.25, -0.2) is 0 Å². The van der Waals surface area contributed by atoms with E-state index in [2.05, 4.69) is 20.3 Å². The summed E-state index contributed by atoms with van der Waals surface area (Å²) in [5, 5.41) is 12.0. The molecule has 0 amide bonds. The number of nitrogens with one attached hydrogen (secondary N) is 1. The van der Waals surface area contributed by atoms with Crippen LogP contribution in [0.5, 0.6) is 11.5 Å². The molecule has 7 nitrogen and oxygen atoms in total. The Morgan fingerprint density at radius 1 is 1.16 bits per heavy atom. The summed E-state index contributed by atoms with van der Waals surface area (Å²) in [6.07, 6.45) is -2.89. The molecule has 0 bridgehead atoms. The second kappa shape index (κ2) is 10.7. The highest BCUT2D eigenvalue weighted by atomic mass is 19.4. The first-order valence-electron chi connectivity index (χ1n) is 10.1. The smallest absolute Gasteiger partial charge is 0.467 e. The fourth-order valence-electron chi connectivity index (χ4n) is 3.28. The molecule has 170 valence electrons. The molecular weight excluding hydrogens is 415 g/mol. The summed E-state index contributed by atoms with van der Waals surface area (Å²) in [4.78, 5) is 0. The molecule has 1 aromatic carbocycles. The van der Waals surface area contributed by atoms with Crippen LogP contribution in [0.15, 0.2) is 24.3 Å². The van der Waals surface area contributed by atoms with Gasteiger partial charge in [-0.05, 0) is 50.5 Å². The summed E-state index contributed by atoms with van der Waals surface area (Å²) < 4.78 is 58.1. The third kappa shape index (κ3) is 7.05. The zero-order valence-corrected chi connectivity index (χ0v) is 17.5. The number of nitrogens with zero attached hydrogens (tertiary/aromatic N) is 2. The lowest BCUT2D eigenvalue weighted by Gasteiger charge is -2.22. The normalized spacial score (nSPS) is 15.1. The van der Waals surface area contributed by atoms with Gasteiger partial charge in [0.15, 0.2) is 6.79 Å². The van der Waals surface area contributed by atoms with Crippen molar-refractivity contribution in [3.63, 3.8) is 0 Å². The third-order valence-corrected chi connectivity index (χ3v) is 4.78. The van der Waals surface area contributed by atoms with Gasteiger partial charge in [0.25, 0.3) is 0 Å². The fraction of sp³-hybridized carbons (Fsp3) is 0.524. The molecule has 1 fully saturated rings. The van der Waals surface area contributed by atoms with Crippen molar-refractivity contribution in [3.8, 4) is 22.8 Å². The first-order valence-corrected chi connectivity index (χ1v) is 10.1. The Bertz CT molecular complexity index is 841. The highest BCUT2D eigenvalue weighted by Gasteiger charge is 2.32. The van der Waals surface area contributed by atoms with Crippen LogP contribution in [0.2, 0.25) is 0 Å². The number of hydrogen-bond acceptors (Lipinski definition) is 7. The minimum Gasteiger partial charge on any atom is -0.467 e. The van der Waals surface area contributed by atoms with E-state index in [0.717, 1.165) is 31.7 Å². The number of halogens is 3. The number of rotatable bonds is 9. The van der Waals surface area contributed by atoms with Gasteiger partial charge in [-0.3, -0.25) is 0 Å². The van der Waals surface area contributed by atoms with Crippen molar-refractivity contribution in [1.82, 2.24) is 15.5 Å². The molecule has 0 aliphatic carbocycles. The topological polar surface area (TPSA) is 74.7 Å². The van der Waals surface area contributed by atoms with E-state index in [4.69, 9.17) is 14.2 Å². The molecule has 1 aliphatic heterocycles. The molecule has 0 atom stereocenters. The van der Waals surface area contributed by atoms with Crippen molar-refractivity contribution in [2.45, 2.75) is 45.6 Å². The maximum atomic E-state index is 12.7. The number of benzene rings is 1. The van der Waals surface area contributed by atoms with Crippen LogP contribution in [0.1, 0.15) is 31.0 Å². The van der Waals surface area contributed by atoms with Crippen LogP contribution in [-0.2, 0) is 16.0 Å². The molecule has 2 heterocycles. The van der Waals surface area contributed by atoms with E-state index in [0.29, 0.717) is 36.0 Å². The van der Waals surface area contributed by atoms with Gasteiger partial charge >= 0.3 is 6.36 Å². The summed E-state index contributed by atoms with van der Waals surface area (Å²) >= 11 is 0. The van der Waals surface area contributed by atoms with Gasteiger partial charge in [0.2, 0.25) is 0 Å². The summed E-state index contributed by atoms with van der Waals surface area (Å²) in [6, 6.07) is 6.46. The van der Waals surface area contributed by atoms with E-state index >= 15 is 0 Å². The summed E-state index contributed by atoms with van der Waals surface area (Å²) in [6.45, 7) is 5.82. The van der Waals surface area contributed by atoms with Crippen molar-refractivity contribution >= 4 is 0 Å². The lowest BCUT2D eigenvalue weighted by molar-refractivity contribution is -0.274. The highest BCUT2D eigenvalue weighted by Crippen LogP contribution is 2.37. The lowest BCUT2D eigenvalue weighted by Crippen LogP contribution is -2.34. The Balaban J connectivity index is 1.78. The first-order chi connectivity index (χ1) is 14.9. The average molecular weight is 441 g/mol. The number of aryl methyl sites for hydroxylation is 1. The fourth-order valence-corrected chi connectivity index (χ4v) is 3.28. The standard InChI is InChI=1S/C21H26F3N3O4/c1-3-28-13-30-19-11-17(31-21(22,23)24)10-14(2)20(19)18-5-4-16(26-27-18)12-25-15-6-8-29-9-7-15/h4-5,10-11,15,25H,3,6-9,12-13H2,1-2H3. The van der Waals surface area contributed by atoms with Crippen molar-refractivity contribution in [1.29, 1.82) is 0 Å². The SMILES string of the molecule is CCOCOc1cc(OC(F)(F)F)cc(C)c1-c1ccc(CNC2CCOCC2)nn1. The zero-order chi connectivity index (χ0) is 22.3. The van der Waals surface area contributed by atoms with Gasteiger partial charge in [0.1, 0.15) is 11.5 Å². The van der Waals surface area contributed by atoms with Gasteiger partial charge in [-0.1, -0.05) is 0 Å². The predicted octanol–water partition coefficient (Wildman–Crippen LogP) is 3.99. The third-order valence-electron chi connectivity index (χ3n) is 4.78. The van der Waals surface area contributed by atoms with Crippen molar-refractivity contribution in [3.05, 3.63) is 35.5 Å². The molecule has 2 aromatic rings. The van der Waals surface area contributed by atoms with Gasteiger partial charge in [-0.2, -0.15) is 10.2 Å². The molecule has 0 unspecified atom stereocenters. The molecule has 31 heavy (non-hydrogen) atoms. The maximum absolute atomic E-state index is 12.7. The van der Waals surface area contributed by atoms with E-state index in [9.17, 15) is 13.2 Å². The molecule has 3 rings (SSSR count). The molecule has 0 saturated carbocycles. The van der Waals surface area contributed by atoms with Gasteiger partial charge in [-0.15, -0.1) is 13.2 Å². The Morgan fingerprint density at radius 2 is 1.94 bits per heavy atom. The van der Waals surface area contributed by atoms with Crippen LogP contribution in [0.25, 0.3) is 11.3 Å². The molecule has 1 aromatic heterocycles. The van der Waals surface area contributed by atoms with Gasteiger partial charge in [0.05, 0.1) is 11.4 Å². The van der Waals surface area contributed by atoms with Crippen LogP contribution >= 0.6 is 0 Å². The van der Waals surface area contributed by atoms with Gasteiger partial charge in [0, 0.05) is 44.0 Å². The molecule has 10 heteroatoms. The minimum atomic E-state index is -4.80. The van der Waals surface area contributed by atoms with Crippen LogP contribution in [0, 0.1) is 6.92 Å². The molecule has 1 aliphatic rings. The van der Waals surface area contributed by atoms with Crippen LogP contribution in [0.3, 0.4) is 0 Å². The Labute approximate surface area is 178 Å². The second-order valence-corrected chi connectivity index (χ2v) is 7.09. The van der Waals surface area contributed by atoms with Crippen LogP contribution < -0.4 is 14.8 Å². The number of hydrogen-bond donors (Lipinski definition) is 1. The number of alkyl halides is 3. The van der Waals surface area contributed by atoms with Crippen LogP contribution in [-0.4, -0.2) is 49.2 Å². The molecule has 1 N–H and O–H groups in total. The van der Waals surface area contributed by atoms with E-state index in [1.54, 1.807) is 19.9 Å². The van der Waals surface area contributed by atoms with Crippen LogP contribution in [0.4, 0.5) is 13.2 Å². The maximum Gasteiger partial charge on any atom is 0.573 e. The van der Waals surface area contributed by atoms with Gasteiger partial charge < -0.3 is 24.3 Å². The minimum absolute atomic E-state index is 0.112. The first kappa shape index (κ1) is 23.2. The Morgan fingerprint density at radius 3 is 2.58 bits per heavy atom. The number of aromatic nitrogens is 2. The average Bonchev–Trinajstić information content (AvgIpc) is 2.72. The molecule has 1 saturated heterocycles. The molecule has 0 spiro atoms. The quantitative estimate of drug-likeness (QED) is 0.466. The van der Waals surface area contributed by atoms with E-state index in [1.807, 2.05) is 6.07 Å². The zero-order valence-electron chi connectivity index (χ0n) is 17.5. The largest absolute Gasteiger partial charge is 0.573 e. The molecule has 0 radical (unpaired) electrons. The Kier molecular flexibility index (Phi) is 8.05. The van der Waals surface area contributed by atoms with Crippen molar-refractivity contribution in [2.75, 3.05) is 26.6 Å². The highest BCUT2D eigenvalue weighted by molar-refractivity contribution is 5.72. The summed E-state index contributed by atoms with van der Waals surface area (Å²) in [5.74, 6) is -0.194. The summed E-state index contributed by atoms with van der Waals surface area (Å²) in [7, 11) is 0. The monoisotopic (exact) mass is 441 g/mol. The van der Waals surface area contributed by atoms with E-state index in [1.165, 1.54) is 12.1 Å². The second-order valence-electron chi connectivity index (χ2n) is 7.09. The van der Waals surface area contributed by atoms with E-state index < -0.39 is 6.36 Å². The number of ether oxygens (including phenoxy) is 4. The summed E-state index contributed by atoms with van der Waals surface area (Å²) in [5.41, 5.74) is 2.29. The molecular formula is C21H26F3N3O4. The van der Waals surface area contributed by atoms with Crippen molar-refractivity contribution in [2.24, 2.45) is 0 Å². The Hall–Kier alpha value is -2.43. The van der Waals surface area contributed by atoms with E-state index in [-0.39, 0.29) is 18.3 Å². The van der Waals surface area contributed by atoms with Crippen molar-refractivity contribution < 1.29 is 32.1 Å². The predicted molar refractivity (Wildman–Crippen MR) is 107 cm³/mol.